The molecule has 6 nitrogen and oxygen atoms in total. The molecule has 0 aliphatic carbocycles. The number of amides is 4. The second-order valence-electron chi connectivity index (χ2n) is 5.46. The Morgan fingerprint density at radius 1 is 0.583 bits per heavy atom. The Hall–Kier alpha value is -3.54. The first-order valence-corrected chi connectivity index (χ1v) is 7.21. The maximum atomic E-state index is 11.9. The van der Waals surface area contributed by atoms with Crippen LogP contribution >= 0.6 is 0 Å². The van der Waals surface area contributed by atoms with E-state index in [9.17, 15) is 19.2 Å². The van der Waals surface area contributed by atoms with E-state index in [1.165, 1.54) is 12.2 Å². The highest BCUT2D eigenvalue weighted by Crippen LogP contribution is 2.32. The molecular weight excluding hydrogens is 308 g/mol. The van der Waals surface area contributed by atoms with Crippen LogP contribution in [0, 0.1) is 0 Å². The van der Waals surface area contributed by atoms with Crippen molar-refractivity contribution in [1.82, 2.24) is 10.6 Å². The molecule has 2 N–H and O–H groups in total. The van der Waals surface area contributed by atoms with E-state index in [0.717, 1.165) is 10.8 Å². The van der Waals surface area contributed by atoms with Gasteiger partial charge in [-0.3, -0.25) is 29.8 Å². The molecule has 0 fully saturated rings. The summed E-state index contributed by atoms with van der Waals surface area (Å²) in [6.45, 7) is 0. The molecule has 0 radical (unpaired) electrons. The van der Waals surface area contributed by atoms with E-state index in [0.29, 0.717) is 11.1 Å². The van der Waals surface area contributed by atoms with Crippen molar-refractivity contribution < 1.29 is 19.2 Å². The van der Waals surface area contributed by atoms with E-state index >= 15 is 0 Å². The van der Waals surface area contributed by atoms with Crippen LogP contribution in [0.4, 0.5) is 0 Å². The van der Waals surface area contributed by atoms with Crippen molar-refractivity contribution in [3.63, 3.8) is 0 Å². The topological polar surface area (TPSA) is 92.3 Å². The number of nitrogens with one attached hydrogen (secondary N) is 2. The zero-order valence-corrected chi connectivity index (χ0v) is 12.3. The van der Waals surface area contributed by atoms with E-state index in [2.05, 4.69) is 10.6 Å². The van der Waals surface area contributed by atoms with Crippen molar-refractivity contribution in [3.8, 4) is 0 Å². The lowest BCUT2D eigenvalue weighted by Crippen LogP contribution is -2.22. The first kappa shape index (κ1) is 14.1. The summed E-state index contributed by atoms with van der Waals surface area (Å²) in [7, 11) is 0. The van der Waals surface area contributed by atoms with Crippen molar-refractivity contribution >= 4 is 45.5 Å². The smallest absolute Gasteiger partial charge is 0.258 e. The van der Waals surface area contributed by atoms with Crippen LogP contribution in [0.25, 0.3) is 21.9 Å². The SMILES string of the molecule is O=C1C=C(c2cccc3c(C4=CC(=O)NC4=O)cccc23)C(=O)N1. The van der Waals surface area contributed by atoms with Gasteiger partial charge in [-0.25, -0.2) is 0 Å². The van der Waals surface area contributed by atoms with Gasteiger partial charge in [0.25, 0.3) is 23.6 Å². The first-order valence-electron chi connectivity index (χ1n) is 7.21. The maximum Gasteiger partial charge on any atom is 0.258 e. The molecule has 4 amide bonds. The second kappa shape index (κ2) is 4.99. The van der Waals surface area contributed by atoms with Crippen molar-refractivity contribution in [3.05, 3.63) is 59.7 Å². The van der Waals surface area contributed by atoms with E-state index < -0.39 is 23.6 Å². The minimum atomic E-state index is -0.453. The van der Waals surface area contributed by atoms with Gasteiger partial charge in [0, 0.05) is 12.2 Å². The lowest BCUT2D eigenvalue weighted by atomic mass is 9.93. The number of carbonyl (C=O) groups excluding carboxylic acids is 4. The molecule has 6 heteroatoms. The number of rotatable bonds is 2. The molecule has 116 valence electrons. The highest BCUT2D eigenvalue weighted by atomic mass is 16.2. The first-order chi connectivity index (χ1) is 11.5. The molecule has 0 aromatic heterocycles. The van der Waals surface area contributed by atoms with Gasteiger partial charge in [0.1, 0.15) is 0 Å². The lowest BCUT2D eigenvalue weighted by molar-refractivity contribution is -0.124. The fourth-order valence-corrected chi connectivity index (χ4v) is 3.00. The molecule has 2 aliphatic rings. The van der Waals surface area contributed by atoms with Gasteiger partial charge in [0.2, 0.25) is 0 Å². The Labute approximate surface area is 135 Å². The van der Waals surface area contributed by atoms with Gasteiger partial charge < -0.3 is 0 Å². The second-order valence-corrected chi connectivity index (χ2v) is 5.46. The summed E-state index contributed by atoms with van der Waals surface area (Å²) in [5.74, 6) is -1.81. The molecule has 0 saturated heterocycles. The molecule has 2 aromatic carbocycles. The van der Waals surface area contributed by atoms with Crippen LogP contribution < -0.4 is 10.6 Å². The summed E-state index contributed by atoms with van der Waals surface area (Å²) in [5.41, 5.74) is 1.76. The van der Waals surface area contributed by atoms with Gasteiger partial charge in [-0.2, -0.15) is 0 Å². The van der Waals surface area contributed by atoms with Crippen molar-refractivity contribution in [2.24, 2.45) is 0 Å². The van der Waals surface area contributed by atoms with E-state index in [1.807, 2.05) is 0 Å². The molecule has 2 aromatic rings. The van der Waals surface area contributed by atoms with Crippen LogP contribution in [0.5, 0.6) is 0 Å². The lowest BCUT2D eigenvalue weighted by Gasteiger charge is -2.10. The zero-order valence-electron chi connectivity index (χ0n) is 12.3. The molecular formula is C18H10N2O4. The molecule has 0 bridgehead atoms. The van der Waals surface area contributed by atoms with E-state index in [-0.39, 0.29) is 11.1 Å². The van der Waals surface area contributed by atoms with Gasteiger partial charge >= 0.3 is 0 Å². The third-order valence-electron chi connectivity index (χ3n) is 4.02. The molecule has 24 heavy (non-hydrogen) atoms. The summed E-state index contributed by atoms with van der Waals surface area (Å²) in [6.07, 6.45) is 2.52. The highest BCUT2D eigenvalue weighted by Gasteiger charge is 2.26. The summed E-state index contributed by atoms with van der Waals surface area (Å²) < 4.78 is 0. The quantitative estimate of drug-likeness (QED) is 0.805. The predicted molar refractivity (Wildman–Crippen MR) is 86.2 cm³/mol. The molecule has 2 aliphatic heterocycles. The molecule has 2 heterocycles. The zero-order chi connectivity index (χ0) is 16.8. The number of imide groups is 2. The van der Waals surface area contributed by atoms with Crippen LogP contribution in [0.2, 0.25) is 0 Å². The van der Waals surface area contributed by atoms with Crippen LogP contribution in [-0.4, -0.2) is 23.6 Å². The number of hydrogen-bond acceptors (Lipinski definition) is 4. The van der Waals surface area contributed by atoms with E-state index in [4.69, 9.17) is 0 Å². The van der Waals surface area contributed by atoms with Crippen molar-refractivity contribution in [1.29, 1.82) is 0 Å². The standard InChI is InChI=1S/C18H10N2O4/c21-15-7-13(17(23)19-15)11-5-1-3-9-10(11)4-2-6-12(9)14-8-16(22)20-18(14)24/h1-8H,(H,19,21,23)(H,20,22,24). The van der Waals surface area contributed by atoms with Gasteiger partial charge in [0.15, 0.2) is 0 Å². The maximum absolute atomic E-state index is 11.9. The molecule has 0 atom stereocenters. The van der Waals surface area contributed by atoms with Crippen molar-refractivity contribution in [2.75, 3.05) is 0 Å². The van der Waals surface area contributed by atoms with Crippen molar-refractivity contribution in [2.45, 2.75) is 0 Å². The number of benzene rings is 2. The van der Waals surface area contributed by atoms with Crippen LogP contribution in [0.3, 0.4) is 0 Å². The minimum Gasteiger partial charge on any atom is -0.289 e. The van der Waals surface area contributed by atoms with Gasteiger partial charge in [-0.1, -0.05) is 36.4 Å². The fourth-order valence-electron chi connectivity index (χ4n) is 3.00. The summed E-state index contributed by atoms with van der Waals surface area (Å²) in [4.78, 5) is 46.7. The van der Waals surface area contributed by atoms with Crippen LogP contribution in [0.1, 0.15) is 11.1 Å². The average molecular weight is 318 g/mol. The Morgan fingerprint density at radius 3 is 1.33 bits per heavy atom. The number of carbonyl (C=O) groups is 4. The third kappa shape index (κ3) is 2.04. The fraction of sp³-hybridized carbons (Fsp3) is 0. The molecule has 0 unspecified atom stereocenters. The summed E-state index contributed by atoms with van der Waals surface area (Å²) in [6, 6.07) is 10.6. The third-order valence-corrected chi connectivity index (χ3v) is 4.02. The Bertz CT molecular complexity index is 947. The van der Waals surface area contributed by atoms with Gasteiger partial charge in [-0.15, -0.1) is 0 Å². The Morgan fingerprint density at radius 2 is 1.00 bits per heavy atom. The predicted octanol–water partition coefficient (Wildman–Crippen LogP) is 0.919. The van der Waals surface area contributed by atoms with Crippen LogP contribution in [-0.2, 0) is 19.2 Å². The Kier molecular flexibility index (Phi) is 2.93. The monoisotopic (exact) mass is 318 g/mol. The largest absolute Gasteiger partial charge is 0.289 e. The van der Waals surface area contributed by atoms with E-state index in [1.54, 1.807) is 36.4 Å². The summed E-state index contributed by atoms with van der Waals surface area (Å²) in [5, 5.41) is 5.89. The normalized spacial score (nSPS) is 17.0. The number of fused-ring (bicyclic) bond motifs is 1. The minimum absolute atomic E-state index is 0.281. The highest BCUT2D eigenvalue weighted by molar-refractivity contribution is 6.37. The van der Waals surface area contributed by atoms with Gasteiger partial charge in [-0.05, 0) is 21.9 Å². The van der Waals surface area contributed by atoms with Crippen LogP contribution in [0.15, 0.2) is 48.6 Å². The molecule has 4 rings (SSSR count). The average Bonchev–Trinajstić information content (AvgIpc) is 3.06. The number of hydrogen-bond donors (Lipinski definition) is 2. The molecule has 0 spiro atoms. The summed E-state index contributed by atoms with van der Waals surface area (Å²) >= 11 is 0. The molecule has 0 saturated carbocycles. The van der Waals surface area contributed by atoms with Gasteiger partial charge in [0.05, 0.1) is 11.1 Å². The Balaban J connectivity index is 1.96.